The fourth-order valence-corrected chi connectivity index (χ4v) is 5.46. The van der Waals surface area contributed by atoms with Gasteiger partial charge in [-0.05, 0) is 50.1 Å². The molecule has 0 atom stereocenters. The normalized spacial score (nSPS) is 12.9. The fourth-order valence-electron chi connectivity index (χ4n) is 3.13. The minimum absolute atomic E-state index is 0.0493. The predicted octanol–water partition coefficient (Wildman–Crippen LogP) is 6.07. The molecule has 2 N–H and O–H groups in total. The van der Waals surface area contributed by atoms with Crippen molar-refractivity contribution in [3.8, 4) is 17.2 Å². The van der Waals surface area contributed by atoms with E-state index in [1.165, 1.54) is 6.21 Å². The Bertz CT molecular complexity index is 1100. The molecular weight excluding hydrogens is 568 g/mol. The summed E-state index contributed by atoms with van der Waals surface area (Å²) in [6.07, 6.45) is 1.47. The quantitative estimate of drug-likeness (QED) is 0.292. The molecule has 0 fully saturated rings. The van der Waals surface area contributed by atoms with Crippen molar-refractivity contribution in [1.82, 2.24) is 5.43 Å². The number of carbonyl (C=O) groups is 1. The maximum atomic E-state index is 13.0. The highest BCUT2D eigenvalue weighted by molar-refractivity contribution is 9.11. The van der Waals surface area contributed by atoms with Crippen molar-refractivity contribution in [2.24, 2.45) is 5.10 Å². The molecule has 0 bridgehead atoms. The van der Waals surface area contributed by atoms with Gasteiger partial charge < -0.3 is 9.84 Å². The van der Waals surface area contributed by atoms with E-state index >= 15 is 0 Å². The number of amides is 1. The summed E-state index contributed by atoms with van der Waals surface area (Å²) >= 11 is 10.0. The van der Waals surface area contributed by atoms with Crippen molar-refractivity contribution >= 4 is 59.9 Å². The van der Waals surface area contributed by atoms with Crippen LogP contribution in [0.25, 0.3) is 0 Å². The molecule has 29 heavy (non-hydrogen) atoms. The molecule has 3 aromatic rings. The zero-order chi connectivity index (χ0) is 20.5. The van der Waals surface area contributed by atoms with Gasteiger partial charge in [-0.15, -0.1) is 0 Å². The molecule has 4 rings (SSSR count). The first-order chi connectivity index (χ1) is 14.0. The van der Waals surface area contributed by atoms with Crippen molar-refractivity contribution in [3.05, 3.63) is 84.7 Å². The van der Waals surface area contributed by atoms with Crippen LogP contribution < -0.4 is 10.2 Å². The fraction of sp³-hybridized carbons (Fsp3) is 0.0476. The zero-order valence-corrected chi connectivity index (χ0v) is 19.5. The summed E-state index contributed by atoms with van der Waals surface area (Å²) in [5, 5.41) is 14.2. The third-order valence-electron chi connectivity index (χ3n) is 4.49. The second kappa shape index (κ2) is 8.30. The summed E-state index contributed by atoms with van der Waals surface area (Å²) in [5.41, 5.74) is 4.77. The van der Waals surface area contributed by atoms with Crippen molar-refractivity contribution in [2.75, 3.05) is 0 Å². The van der Waals surface area contributed by atoms with Gasteiger partial charge >= 0.3 is 0 Å². The molecule has 0 saturated heterocycles. The number of benzene rings is 3. The number of nitrogens with one attached hydrogen (secondary N) is 1. The molecule has 1 heterocycles. The Morgan fingerprint density at radius 2 is 1.59 bits per heavy atom. The number of rotatable bonds is 3. The SMILES string of the molecule is O=C(NN=Cc1c(Br)cc(Br)c(O)c1Br)C1c2ccccc2Oc2ccccc21. The first-order valence-electron chi connectivity index (χ1n) is 8.52. The van der Waals surface area contributed by atoms with Crippen molar-refractivity contribution in [3.63, 3.8) is 0 Å². The summed E-state index contributed by atoms with van der Waals surface area (Å²) in [5.74, 6) is 0.530. The second-order valence-corrected chi connectivity index (χ2v) is 8.76. The zero-order valence-electron chi connectivity index (χ0n) is 14.7. The maximum Gasteiger partial charge on any atom is 0.252 e. The van der Waals surface area contributed by atoms with Crippen molar-refractivity contribution in [1.29, 1.82) is 0 Å². The lowest BCUT2D eigenvalue weighted by molar-refractivity contribution is -0.121. The standard InChI is InChI=1S/C21H13Br3N2O3/c22-14-9-15(23)20(27)19(24)13(14)10-25-26-21(28)18-11-5-1-3-7-16(11)29-17-8-4-2-6-12(17)18/h1-10,18,27H,(H,26,28). The molecule has 1 amide bonds. The number of hydrazone groups is 1. The number of aromatic hydroxyl groups is 1. The number of ether oxygens (including phenoxy) is 1. The van der Waals surface area contributed by atoms with E-state index in [-0.39, 0.29) is 11.7 Å². The number of phenols is 1. The summed E-state index contributed by atoms with van der Waals surface area (Å²) in [6, 6.07) is 16.6. The van der Waals surface area contributed by atoms with Gasteiger partial charge in [0.25, 0.3) is 5.91 Å². The first kappa shape index (κ1) is 20.1. The summed E-state index contributed by atoms with van der Waals surface area (Å²) < 4.78 is 7.62. The van der Waals surface area contributed by atoms with Gasteiger partial charge in [0.05, 0.1) is 21.1 Å². The molecule has 0 saturated carbocycles. The molecule has 146 valence electrons. The van der Waals surface area contributed by atoms with Crippen LogP contribution in [-0.2, 0) is 4.79 Å². The van der Waals surface area contributed by atoms with Gasteiger partial charge in [-0.2, -0.15) is 5.10 Å². The van der Waals surface area contributed by atoms with E-state index in [1.807, 2.05) is 48.5 Å². The average molecular weight is 581 g/mol. The number of halogens is 3. The number of para-hydroxylation sites is 2. The minimum atomic E-state index is -0.543. The highest BCUT2D eigenvalue weighted by Gasteiger charge is 2.32. The van der Waals surface area contributed by atoms with Crippen LogP contribution in [0.4, 0.5) is 0 Å². The lowest BCUT2D eigenvalue weighted by Gasteiger charge is -2.26. The van der Waals surface area contributed by atoms with Crippen LogP contribution in [0.3, 0.4) is 0 Å². The maximum absolute atomic E-state index is 13.0. The molecule has 1 aliphatic rings. The van der Waals surface area contributed by atoms with Crippen LogP contribution in [0.15, 0.2) is 73.1 Å². The van der Waals surface area contributed by atoms with Crippen LogP contribution in [0.2, 0.25) is 0 Å². The average Bonchev–Trinajstić information content (AvgIpc) is 2.72. The minimum Gasteiger partial charge on any atom is -0.506 e. The Balaban J connectivity index is 1.64. The first-order valence-corrected chi connectivity index (χ1v) is 10.9. The largest absolute Gasteiger partial charge is 0.506 e. The second-order valence-electron chi connectivity index (χ2n) is 6.26. The molecule has 5 nitrogen and oxygen atoms in total. The Labute approximate surface area is 192 Å². The predicted molar refractivity (Wildman–Crippen MR) is 122 cm³/mol. The molecule has 0 aliphatic carbocycles. The van der Waals surface area contributed by atoms with E-state index in [9.17, 15) is 9.90 Å². The monoisotopic (exact) mass is 578 g/mol. The molecule has 8 heteroatoms. The van der Waals surface area contributed by atoms with Gasteiger partial charge in [0, 0.05) is 21.2 Å². The Morgan fingerprint density at radius 3 is 2.21 bits per heavy atom. The number of hydrogen-bond acceptors (Lipinski definition) is 4. The van der Waals surface area contributed by atoms with Crippen LogP contribution in [0.5, 0.6) is 17.2 Å². The highest BCUT2D eigenvalue weighted by atomic mass is 79.9. The summed E-state index contributed by atoms with van der Waals surface area (Å²) in [4.78, 5) is 13.0. The van der Waals surface area contributed by atoms with Crippen LogP contribution in [0.1, 0.15) is 22.6 Å². The van der Waals surface area contributed by atoms with E-state index in [4.69, 9.17) is 4.74 Å². The van der Waals surface area contributed by atoms with Gasteiger partial charge in [-0.1, -0.05) is 52.3 Å². The third kappa shape index (κ3) is 3.84. The van der Waals surface area contributed by atoms with E-state index in [0.29, 0.717) is 30.5 Å². The summed E-state index contributed by atoms with van der Waals surface area (Å²) in [6.45, 7) is 0. The molecule has 0 radical (unpaired) electrons. The van der Waals surface area contributed by atoms with Crippen LogP contribution in [-0.4, -0.2) is 17.2 Å². The Hall–Kier alpha value is -2.16. The van der Waals surface area contributed by atoms with Crippen LogP contribution in [0, 0.1) is 0 Å². The molecule has 3 aromatic carbocycles. The topological polar surface area (TPSA) is 70.9 Å². The van der Waals surface area contributed by atoms with Crippen molar-refractivity contribution in [2.45, 2.75) is 5.92 Å². The van der Waals surface area contributed by atoms with Gasteiger partial charge in [0.15, 0.2) is 0 Å². The number of hydrogen-bond donors (Lipinski definition) is 2. The Kier molecular flexibility index (Phi) is 5.76. The van der Waals surface area contributed by atoms with E-state index in [2.05, 4.69) is 58.3 Å². The number of phenolic OH excluding ortho intramolecular Hbond substituents is 1. The van der Waals surface area contributed by atoms with Gasteiger partial charge in [-0.3, -0.25) is 4.79 Å². The number of nitrogens with zero attached hydrogens (tertiary/aromatic N) is 1. The number of carbonyl (C=O) groups excluding carboxylic acids is 1. The molecule has 0 spiro atoms. The van der Waals surface area contributed by atoms with E-state index in [1.54, 1.807) is 6.07 Å². The van der Waals surface area contributed by atoms with Gasteiger partial charge in [0.1, 0.15) is 17.2 Å². The van der Waals surface area contributed by atoms with E-state index < -0.39 is 5.92 Å². The smallest absolute Gasteiger partial charge is 0.252 e. The molecule has 1 aliphatic heterocycles. The molecule has 0 unspecified atom stereocenters. The summed E-state index contributed by atoms with van der Waals surface area (Å²) in [7, 11) is 0. The molecular formula is C21H13Br3N2O3. The van der Waals surface area contributed by atoms with E-state index in [0.717, 1.165) is 11.1 Å². The van der Waals surface area contributed by atoms with Gasteiger partial charge in [0.2, 0.25) is 0 Å². The lowest BCUT2D eigenvalue weighted by atomic mass is 9.87. The third-order valence-corrected chi connectivity index (χ3v) is 6.56. The lowest BCUT2D eigenvalue weighted by Crippen LogP contribution is -2.28. The van der Waals surface area contributed by atoms with Crippen LogP contribution >= 0.6 is 47.8 Å². The Morgan fingerprint density at radius 1 is 1.00 bits per heavy atom. The number of fused-ring (bicyclic) bond motifs is 2. The van der Waals surface area contributed by atoms with Gasteiger partial charge in [-0.25, -0.2) is 5.43 Å². The van der Waals surface area contributed by atoms with Crippen molar-refractivity contribution < 1.29 is 14.6 Å². The molecule has 0 aromatic heterocycles. The highest BCUT2D eigenvalue weighted by Crippen LogP contribution is 2.44.